The predicted octanol–water partition coefficient (Wildman–Crippen LogP) is 3.25. The Kier molecular flexibility index (Phi) is 3.79. The van der Waals surface area contributed by atoms with E-state index < -0.39 is 0 Å². The fourth-order valence-corrected chi connectivity index (χ4v) is 1.31. The third-order valence-corrected chi connectivity index (χ3v) is 2.49. The summed E-state index contributed by atoms with van der Waals surface area (Å²) in [7, 11) is 0. The van der Waals surface area contributed by atoms with Crippen LogP contribution in [0, 0.1) is 25.2 Å². The summed E-state index contributed by atoms with van der Waals surface area (Å²) in [6.45, 7) is 4.30. The molecule has 14 heavy (non-hydrogen) atoms. The van der Waals surface area contributed by atoms with Crippen molar-refractivity contribution in [2.24, 2.45) is 0 Å². The van der Waals surface area contributed by atoms with Crippen molar-refractivity contribution in [3.63, 3.8) is 0 Å². The molecule has 0 radical (unpaired) electrons. The van der Waals surface area contributed by atoms with Gasteiger partial charge in [0.15, 0.2) is 0 Å². The Morgan fingerprint density at radius 2 is 1.93 bits per heavy atom. The van der Waals surface area contributed by atoms with Crippen molar-refractivity contribution in [1.82, 2.24) is 0 Å². The van der Waals surface area contributed by atoms with E-state index in [4.69, 9.17) is 21.6 Å². The SMILES string of the molecule is Cc1cc(OCCC#N)cc(C)c1Cl. The first-order valence-electron chi connectivity index (χ1n) is 4.41. The van der Waals surface area contributed by atoms with E-state index in [1.807, 2.05) is 32.0 Å². The topological polar surface area (TPSA) is 33.0 Å². The molecule has 0 N–H and O–H groups in total. The molecule has 0 aliphatic rings. The van der Waals surface area contributed by atoms with Gasteiger partial charge >= 0.3 is 0 Å². The minimum absolute atomic E-state index is 0.403. The smallest absolute Gasteiger partial charge is 0.119 e. The maximum Gasteiger partial charge on any atom is 0.119 e. The van der Waals surface area contributed by atoms with E-state index in [0.717, 1.165) is 21.9 Å². The van der Waals surface area contributed by atoms with Crippen LogP contribution in [0.1, 0.15) is 17.5 Å². The molecule has 74 valence electrons. The largest absolute Gasteiger partial charge is 0.493 e. The van der Waals surface area contributed by atoms with Gasteiger partial charge < -0.3 is 4.74 Å². The zero-order valence-corrected chi connectivity index (χ0v) is 9.06. The number of ether oxygens (including phenoxy) is 1. The molecule has 0 heterocycles. The molecule has 0 amide bonds. The van der Waals surface area contributed by atoms with Crippen LogP contribution in [0.25, 0.3) is 0 Å². The number of rotatable bonds is 3. The van der Waals surface area contributed by atoms with Gasteiger partial charge in [0, 0.05) is 5.02 Å². The first-order valence-corrected chi connectivity index (χ1v) is 4.79. The number of halogens is 1. The highest BCUT2D eigenvalue weighted by Crippen LogP contribution is 2.25. The fraction of sp³-hybridized carbons (Fsp3) is 0.364. The molecule has 0 aromatic heterocycles. The van der Waals surface area contributed by atoms with Crippen LogP contribution in [-0.4, -0.2) is 6.61 Å². The van der Waals surface area contributed by atoms with Crippen LogP contribution in [0.5, 0.6) is 5.75 Å². The summed E-state index contributed by atoms with van der Waals surface area (Å²) in [6, 6.07) is 5.79. The zero-order valence-electron chi connectivity index (χ0n) is 8.30. The molecule has 0 bridgehead atoms. The third-order valence-electron chi connectivity index (χ3n) is 1.89. The van der Waals surface area contributed by atoms with Gasteiger partial charge in [0.1, 0.15) is 12.4 Å². The average Bonchev–Trinajstić information content (AvgIpc) is 2.14. The first kappa shape index (κ1) is 10.9. The van der Waals surface area contributed by atoms with Gasteiger partial charge in [-0.15, -0.1) is 0 Å². The van der Waals surface area contributed by atoms with Gasteiger partial charge in [0.05, 0.1) is 12.5 Å². The number of nitriles is 1. The maximum absolute atomic E-state index is 8.35. The highest BCUT2D eigenvalue weighted by molar-refractivity contribution is 6.32. The van der Waals surface area contributed by atoms with E-state index in [2.05, 4.69) is 0 Å². The van der Waals surface area contributed by atoms with Gasteiger partial charge in [0.25, 0.3) is 0 Å². The van der Waals surface area contributed by atoms with Crippen LogP contribution >= 0.6 is 11.6 Å². The molecule has 3 heteroatoms. The van der Waals surface area contributed by atoms with Crippen molar-refractivity contribution in [3.05, 3.63) is 28.3 Å². The Balaban J connectivity index is 2.75. The van der Waals surface area contributed by atoms with Crippen LogP contribution in [0.15, 0.2) is 12.1 Å². The number of nitrogens with zero attached hydrogens (tertiary/aromatic N) is 1. The van der Waals surface area contributed by atoms with Crippen molar-refractivity contribution in [3.8, 4) is 11.8 Å². The molecule has 0 aliphatic heterocycles. The summed E-state index contributed by atoms with van der Waals surface area (Å²) in [4.78, 5) is 0. The second kappa shape index (κ2) is 4.88. The lowest BCUT2D eigenvalue weighted by atomic mass is 10.1. The van der Waals surface area contributed by atoms with Crippen molar-refractivity contribution in [1.29, 1.82) is 5.26 Å². The summed E-state index contributed by atoms with van der Waals surface area (Å²) in [5.74, 6) is 0.777. The maximum atomic E-state index is 8.35. The zero-order chi connectivity index (χ0) is 10.6. The standard InChI is InChI=1S/C11H12ClNO/c1-8-6-10(14-5-3-4-13)7-9(2)11(8)12/h6-7H,3,5H2,1-2H3. The van der Waals surface area contributed by atoms with Gasteiger partial charge in [-0.1, -0.05) is 11.6 Å². The summed E-state index contributed by atoms with van der Waals surface area (Å²) >= 11 is 6.00. The molecule has 1 aromatic rings. The molecule has 0 aliphatic carbocycles. The van der Waals surface area contributed by atoms with Crippen molar-refractivity contribution >= 4 is 11.6 Å². The van der Waals surface area contributed by atoms with Gasteiger partial charge in [-0.05, 0) is 37.1 Å². The highest BCUT2D eigenvalue weighted by atomic mass is 35.5. The second-order valence-electron chi connectivity index (χ2n) is 3.13. The van der Waals surface area contributed by atoms with Crippen LogP contribution in [0.2, 0.25) is 5.02 Å². The van der Waals surface area contributed by atoms with Gasteiger partial charge in [-0.2, -0.15) is 5.26 Å². The van der Waals surface area contributed by atoms with Crippen LogP contribution in [0.3, 0.4) is 0 Å². The molecule has 0 unspecified atom stereocenters. The Morgan fingerprint density at radius 3 is 2.43 bits per heavy atom. The lowest BCUT2D eigenvalue weighted by molar-refractivity contribution is 0.326. The molecular formula is C11H12ClNO. The van der Waals surface area contributed by atoms with E-state index in [1.54, 1.807) is 0 Å². The lowest BCUT2D eigenvalue weighted by Crippen LogP contribution is -1.96. The first-order chi connectivity index (χ1) is 6.65. The molecule has 2 nitrogen and oxygen atoms in total. The Hall–Kier alpha value is -1.20. The van der Waals surface area contributed by atoms with Crippen LogP contribution in [0.4, 0.5) is 0 Å². The Morgan fingerprint density at radius 1 is 1.36 bits per heavy atom. The average molecular weight is 210 g/mol. The molecule has 1 rings (SSSR count). The fourth-order valence-electron chi connectivity index (χ4n) is 1.20. The highest BCUT2D eigenvalue weighted by Gasteiger charge is 2.02. The van der Waals surface area contributed by atoms with Crippen molar-refractivity contribution < 1.29 is 4.74 Å². The van der Waals surface area contributed by atoms with Gasteiger partial charge in [-0.25, -0.2) is 0 Å². The van der Waals surface area contributed by atoms with E-state index in [9.17, 15) is 0 Å². The number of benzene rings is 1. The lowest BCUT2D eigenvalue weighted by Gasteiger charge is -2.08. The molecule has 0 fully saturated rings. The Bertz CT molecular complexity index is 345. The quantitative estimate of drug-likeness (QED) is 0.716. The second-order valence-corrected chi connectivity index (χ2v) is 3.51. The molecule has 0 atom stereocenters. The van der Waals surface area contributed by atoms with Gasteiger partial charge in [0.2, 0.25) is 0 Å². The third kappa shape index (κ3) is 2.65. The monoisotopic (exact) mass is 209 g/mol. The number of hydrogen-bond donors (Lipinski definition) is 0. The van der Waals surface area contributed by atoms with Crippen molar-refractivity contribution in [2.75, 3.05) is 6.61 Å². The molecular weight excluding hydrogens is 198 g/mol. The summed E-state index contributed by atoms with van der Waals surface area (Å²) < 4.78 is 5.38. The normalized spacial score (nSPS) is 9.57. The number of hydrogen-bond acceptors (Lipinski definition) is 2. The summed E-state index contributed by atoms with van der Waals surface area (Å²) in [5.41, 5.74) is 2.00. The van der Waals surface area contributed by atoms with Gasteiger partial charge in [-0.3, -0.25) is 0 Å². The van der Waals surface area contributed by atoms with E-state index >= 15 is 0 Å². The number of aryl methyl sites for hydroxylation is 2. The molecule has 0 spiro atoms. The Labute approximate surface area is 89.1 Å². The minimum Gasteiger partial charge on any atom is -0.493 e. The molecule has 0 saturated carbocycles. The van der Waals surface area contributed by atoms with Crippen molar-refractivity contribution in [2.45, 2.75) is 20.3 Å². The minimum atomic E-state index is 0.403. The molecule has 0 saturated heterocycles. The predicted molar refractivity (Wildman–Crippen MR) is 56.7 cm³/mol. The van der Waals surface area contributed by atoms with Crippen LogP contribution < -0.4 is 4.74 Å². The van der Waals surface area contributed by atoms with E-state index in [-0.39, 0.29) is 0 Å². The van der Waals surface area contributed by atoms with Crippen LogP contribution in [-0.2, 0) is 0 Å². The molecule has 1 aromatic carbocycles. The summed E-state index contributed by atoms with van der Waals surface area (Å²) in [6.07, 6.45) is 0.403. The summed E-state index contributed by atoms with van der Waals surface area (Å²) in [5, 5.41) is 9.12. The van der Waals surface area contributed by atoms with E-state index in [0.29, 0.717) is 13.0 Å². The van der Waals surface area contributed by atoms with E-state index in [1.165, 1.54) is 0 Å².